The molecule has 2 unspecified atom stereocenters. The van der Waals surface area contributed by atoms with Gasteiger partial charge in [-0.1, -0.05) is 6.92 Å². The molecule has 2 N–H and O–H groups in total. The molecule has 1 saturated carbocycles. The molecule has 80 valence electrons. The smallest absolute Gasteiger partial charge is 0.224 e. The van der Waals surface area contributed by atoms with Crippen molar-refractivity contribution < 1.29 is 4.79 Å². The van der Waals surface area contributed by atoms with E-state index in [9.17, 15) is 4.79 Å². The van der Waals surface area contributed by atoms with Crippen LogP contribution in [0.3, 0.4) is 0 Å². The summed E-state index contributed by atoms with van der Waals surface area (Å²) in [7, 11) is 0. The Bertz CT molecular complexity index is 268. The molecule has 1 aliphatic heterocycles. The lowest BCUT2D eigenvalue weighted by atomic mass is 9.99. The summed E-state index contributed by atoms with van der Waals surface area (Å²) in [6.45, 7) is 10.8. The van der Waals surface area contributed by atoms with Gasteiger partial charge in [-0.05, 0) is 32.6 Å². The Hall–Kier alpha value is -0.570. The van der Waals surface area contributed by atoms with E-state index in [-0.39, 0.29) is 16.9 Å². The lowest BCUT2D eigenvalue weighted by Gasteiger charge is -2.34. The zero-order valence-electron chi connectivity index (χ0n) is 9.50. The van der Waals surface area contributed by atoms with Gasteiger partial charge in [0.2, 0.25) is 5.91 Å². The molecule has 2 fully saturated rings. The topological polar surface area (TPSA) is 46.3 Å². The van der Waals surface area contributed by atoms with Crippen LogP contribution >= 0.6 is 0 Å². The van der Waals surface area contributed by atoms with Gasteiger partial charge in [0.1, 0.15) is 0 Å². The zero-order chi connectivity index (χ0) is 10.7. The quantitative estimate of drug-likeness (QED) is 0.675. The second-order valence-electron chi connectivity index (χ2n) is 5.94. The molecule has 0 spiro atoms. The minimum Gasteiger partial charge on any atom is -0.369 e. The molecular formula is C11H20N2O. The molecule has 2 rings (SSSR count). The Morgan fingerprint density at radius 3 is 2.07 bits per heavy atom. The van der Waals surface area contributed by atoms with Crippen molar-refractivity contribution in [3.8, 4) is 0 Å². The van der Waals surface area contributed by atoms with E-state index in [0.717, 1.165) is 13.1 Å². The normalized spacial score (nSPS) is 42.3. The molecule has 2 aliphatic rings. The summed E-state index contributed by atoms with van der Waals surface area (Å²) in [6, 6.07) is 0. The summed E-state index contributed by atoms with van der Waals surface area (Å²) in [6.07, 6.45) is 0. The standard InChI is InChI=1S/C11H20N2O/c1-10(2,3)13-5-7-8(6-13)11(7,4)9(12)14/h7-8H,5-6H2,1-4H3,(H2,12,14). The molecule has 0 aromatic carbocycles. The first-order chi connectivity index (χ1) is 6.28. The third-order valence-electron chi connectivity index (χ3n) is 4.23. The molecule has 0 radical (unpaired) electrons. The number of carbonyl (C=O) groups is 1. The number of carbonyl (C=O) groups excluding carboxylic acids is 1. The van der Waals surface area contributed by atoms with Gasteiger partial charge in [-0.25, -0.2) is 0 Å². The van der Waals surface area contributed by atoms with Crippen LogP contribution in [0.5, 0.6) is 0 Å². The molecule has 0 aromatic heterocycles. The number of likely N-dealkylation sites (tertiary alicyclic amines) is 1. The summed E-state index contributed by atoms with van der Waals surface area (Å²) in [5.41, 5.74) is 5.45. The Morgan fingerprint density at radius 2 is 1.79 bits per heavy atom. The van der Waals surface area contributed by atoms with Crippen molar-refractivity contribution in [1.29, 1.82) is 0 Å². The summed E-state index contributed by atoms with van der Waals surface area (Å²) in [5, 5.41) is 0. The van der Waals surface area contributed by atoms with Crippen LogP contribution in [0.25, 0.3) is 0 Å². The maximum atomic E-state index is 11.3. The van der Waals surface area contributed by atoms with Crippen molar-refractivity contribution in [1.82, 2.24) is 4.90 Å². The van der Waals surface area contributed by atoms with Gasteiger partial charge in [0.05, 0.1) is 5.41 Å². The van der Waals surface area contributed by atoms with Crippen LogP contribution in [0.2, 0.25) is 0 Å². The third kappa shape index (κ3) is 1.11. The Morgan fingerprint density at radius 1 is 1.36 bits per heavy atom. The Balaban J connectivity index is 2.03. The van der Waals surface area contributed by atoms with Gasteiger partial charge in [0.15, 0.2) is 0 Å². The summed E-state index contributed by atoms with van der Waals surface area (Å²) in [5.74, 6) is 0.916. The number of piperidine rings is 1. The monoisotopic (exact) mass is 196 g/mol. The van der Waals surface area contributed by atoms with E-state index in [1.807, 2.05) is 6.92 Å². The molecule has 1 amide bonds. The minimum absolute atomic E-state index is 0.110. The molecule has 3 heteroatoms. The van der Waals surface area contributed by atoms with Crippen molar-refractivity contribution in [2.75, 3.05) is 13.1 Å². The van der Waals surface area contributed by atoms with Gasteiger partial charge in [0.25, 0.3) is 0 Å². The number of nitrogens with two attached hydrogens (primary N) is 1. The highest BCUT2D eigenvalue weighted by molar-refractivity contribution is 5.85. The number of primary amides is 1. The third-order valence-corrected chi connectivity index (χ3v) is 4.23. The molecule has 3 nitrogen and oxygen atoms in total. The van der Waals surface area contributed by atoms with Gasteiger partial charge in [-0.3, -0.25) is 9.69 Å². The van der Waals surface area contributed by atoms with E-state index < -0.39 is 0 Å². The lowest BCUT2D eigenvalue weighted by molar-refractivity contribution is -0.124. The molecule has 0 aromatic rings. The second kappa shape index (κ2) is 2.51. The van der Waals surface area contributed by atoms with Crippen LogP contribution in [-0.2, 0) is 4.79 Å². The van der Waals surface area contributed by atoms with E-state index >= 15 is 0 Å². The number of fused-ring (bicyclic) bond motifs is 1. The fourth-order valence-corrected chi connectivity index (χ4v) is 2.79. The van der Waals surface area contributed by atoms with E-state index in [1.165, 1.54) is 0 Å². The molecule has 2 atom stereocenters. The molecule has 14 heavy (non-hydrogen) atoms. The van der Waals surface area contributed by atoms with Crippen LogP contribution in [0.1, 0.15) is 27.7 Å². The number of hydrogen-bond donors (Lipinski definition) is 1. The molecular weight excluding hydrogens is 176 g/mol. The van der Waals surface area contributed by atoms with E-state index in [2.05, 4.69) is 25.7 Å². The first-order valence-corrected chi connectivity index (χ1v) is 5.33. The first-order valence-electron chi connectivity index (χ1n) is 5.33. The zero-order valence-corrected chi connectivity index (χ0v) is 9.50. The fraction of sp³-hybridized carbons (Fsp3) is 0.909. The highest BCUT2D eigenvalue weighted by Crippen LogP contribution is 2.62. The van der Waals surface area contributed by atoms with Gasteiger partial charge < -0.3 is 5.73 Å². The van der Waals surface area contributed by atoms with Gasteiger partial charge in [-0.15, -0.1) is 0 Å². The predicted octanol–water partition coefficient (Wildman–Crippen LogP) is 0.838. The van der Waals surface area contributed by atoms with Crippen molar-refractivity contribution in [3.05, 3.63) is 0 Å². The summed E-state index contributed by atoms with van der Waals surface area (Å²) >= 11 is 0. The van der Waals surface area contributed by atoms with Crippen LogP contribution in [-0.4, -0.2) is 29.4 Å². The Labute approximate surface area is 85.6 Å². The van der Waals surface area contributed by atoms with E-state index in [4.69, 9.17) is 5.73 Å². The molecule has 0 bridgehead atoms. The summed E-state index contributed by atoms with van der Waals surface area (Å²) in [4.78, 5) is 13.7. The highest BCUT2D eigenvalue weighted by atomic mass is 16.1. The van der Waals surface area contributed by atoms with Crippen molar-refractivity contribution in [2.45, 2.75) is 33.2 Å². The van der Waals surface area contributed by atoms with Crippen LogP contribution in [0, 0.1) is 17.3 Å². The minimum atomic E-state index is -0.193. The highest BCUT2D eigenvalue weighted by Gasteiger charge is 2.69. The second-order valence-corrected chi connectivity index (χ2v) is 5.94. The SMILES string of the molecule is CC1(C(N)=O)C2CN(C(C)(C)C)CC21. The average Bonchev–Trinajstić information content (AvgIpc) is 2.46. The van der Waals surface area contributed by atoms with Crippen molar-refractivity contribution in [2.24, 2.45) is 23.0 Å². The first kappa shape index (κ1) is 9.97. The van der Waals surface area contributed by atoms with Gasteiger partial charge >= 0.3 is 0 Å². The van der Waals surface area contributed by atoms with Crippen molar-refractivity contribution >= 4 is 5.91 Å². The molecule has 1 aliphatic carbocycles. The molecule has 1 heterocycles. The van der Waals surface area contributed by atoms with Crippen LogP contribution in [0.15, 0.2) is 0 Å². The van der Waals surface area contributed by atoms with Crippen LogP contribution < -0.4 is 5.73 Å². The van der Waals surface area contributed by atoms with Crippen LogP contribution in [0.4, 0.5) is 0 Å². The number of nitrogens with zero attached hydrogens (tertiary/aromatic N) is 1. The predicted molar refractivity (Wildman–Crippen MR) is 55.6 cm³/mol. The number of rotatable bonds is 1. The Kier molecular flexibility index (Phi) is 1.79. The van der Waals surface area contributed by atoms with E-state index in [1.54, 1.807) is 0 Å². The maximum Gasteiger partial charge on any atom is 0.224 e. The fourth-order valence-electron chi connectivity index (χ4n) is 2.79. The van der Waals surface area contributed by atoms with Crippen molar-refractivity contribution in [3.63, 3.8) is 0 Å². The summed E-state index contributed by atoms with van der Waals surface area (Å²) < 4.78 is 0. The maximum absolute atomic E-state index is 11.3. The van der Waals surface area contributed by atoms with Gasteiger partial charge in [-0.2, -0.15) is 0 Å². The van der Waals surface area contributed by atoms with Gasteiger partial charge in [0, 0.05) is 18.6 Å². The largest absolute Gasteiger partial charge is 0.369 e. The molecule has 1 saturated heterocycles. The number of amides is 1. The number of hydrogen-bond acceptors (Lipinski definition) is 2. The lowest BCUT2D eigenvalue weighted by Crippen LogP contribution is -2.44. The van der Waals surface area contributed by atoms with E-state index in [0.29, 0.717) is 11.8 Å². The average molecular weight is 196 g/mol.